The summed E-state index contributed by atoms with van der Waals surface area (Å²) in [6.45, 7) is 2.11. The summed E-state index contributed by atoms with van der Waals surface area (Å²) in [5.41, 5.74) is 5.98. The molecule has 0 aliphatic rings. The topological polar surface area (TPSA) is 25.8 Å². The molecule has 0 fully saturated rings. The van der Waals surface area contributed by atoms with E-state index in [9.17, 15) is 0 Å². The maximum atomic E-state index is 4.21. The van der Waals surface area contributed by atoms with Crippen molar-refractivity contribution in [3.8, 4) is 22.3 Å². The van der Waals surface area contributed by atoms with Gasteiger partial charge in [0.1, 0.15) is 0 Å². The van der Waals surface area contributed by atoms with Gasteiger partial charge in [0.15, 0.2) is 0 Å². The van der Waals surface area contributed by atoms with Gasteiger partial charge in [-0.3, -0.25) is 9.97 Å². The molecule has 0 spiro atoms. The lowest BCUT2D eigenvalue weighted by Gasteiger charge is -2.10. The summed E-state index contributed by atoms with van der Waals surface area (Å²) in [5, 5.41) is 0. The fourth-order valence-electron chi connectivity index (χ4n) is 2.20. The third kappa shape index (κ3) is 2.38. The van der Waals surface area contributed by atoms with E-state index in [2.05, 4.69) is 41.2 Å². The third-order valence-electron chi connectivity index (χ3n) is 3.14. The zero-order valence-corrected chi connectivity index (χ0v) is 10.7. The average Bonchev–Trinajstić information content (AvgIpc) is 2.49. The lowest BCUT2D eigenvalue weighted by atomic mass is 9.94. The van der Waals surface area contributed by atoms with E-state index in [0.717, 1.165) is 5.56 Å². The summed E-state index contributed by atoms with van der Waals surface area (Å²) in [5.74, 6) is 0. The van der Waals surface area contributed by atoms with Crippen molar-refractivity contribution in [3.05, 3.63) is 72.8 Å². The van der Waals surface area contributed by atoms with Crippen molar-refractivity contribution in [2.75, 3.05) is 0 Å². The Morgan fingerprint density at radius 2 is 1.58 bits per heavy atom. The van der Waals surface area contributed by atoms with Crippen LogP contribution in [0.1, 0.15) is 5.56 Å². The van der Waals surface area contributed by atoms with Crippen molar-refractivity contribution < 1.29 is 0 Å². The second kappa shape index (κ2) is 5.02. The van der Waals surface area contributed by atoms with Gasteiger partial charge in [0, 0.05) is 30.4 Å². The first kappa shape index (κ1) is 11.6. The van der Waals surface area contributed by atoms with Crippen molar-refractivity contribution in [2.24, 2.45) is 0 Å². The van der Waals surface area contributed by atoms with Crippen molar-refractivity contribution in [1.82, 2.24) is 9.97 Å². The second-order valence-electron chi connectivity index (χ2n) is 4.53. The van der Waals surface area contributed by atoms with Gasteiger partial charge < -0.3 is 0 Å². The molecule has 2 heterocycles. The molecule has 92 valence electrons. The Hall–Kier alpha value is -2.48. The minimum atomic E-state index is 1.14. The first-order valence-electron chi connectivity index (χ1n) is 6.26. The van der Waals surface area contributed by atoms with Crippen LogP contribution in [0.25, 0.3) is 22.3 Å². The fraction of sp³-hybridized carbons (Fsp3) is 0.0588. The summed E-state index contributed by atoms with van der Waals surface area (Å²) in [6, 6.07) is 14.6. The Morgan fingerprint density at radius 3 is 2.32 bits per heavy atom. The molecule has 2 nitrogen and oxygen atoms in total. The number of hydrogen-bond acceptors (Lipinski definition) is 2. The van der Waals surface area contributed by atoms with Crippen molar-refractivity contribution >= 4 is 0 Å². The fourth-order valence-corrected chi connectivity index (χ4v) is 2.20. The van der Waals surface area contributed by atoms with Crippen LogP contribution < -0.4 is 0 Å². The molecule has 0 unspecified atom stereocenters. The molecule has 0 radical (unpaired) electrons. The number of rotatable bonds is 2. The Bertz CT molecular complexity index is 676. The van der Waals surface area contributed by atoms with Gasteiger partial charge in [0.2, 0.25) is 0 Å². The van der Waals surface area contributed by atoms with Crippen LogP contribution in [0.15, 0.2) is 67.3 Å². The van der Waals surface area contributed by atoms with E-state index >= 15 is 0 Å². The molecule has 0 saturated heterocycles. The van der Waals surface area contributed by atoms with Gasteiger partial charge in [-0.25, -0.2) is 0 Å². The van der Waals surface area contributed by atoms with Gasteiger partial charge in [-0.15, -0.1) is 0 Å². The van der Waals surface area contributed by atoms with E-state index in [0.29, 0.717) is 0 Å². The van der Waals surface area contributed by atoms with E-state index in [1.54, 1.807) is 6.20 Å². The van der Waals surface area contributed by atoms with Crippen LogP contribution in [-0.2, 0) is 0 Å². The highest BCUT2D eigenvalue weighted by Gasteiger charge is 2.07. The van der Waals surface area contributed by atoms with E-state index in [4.69, 9.17) is 0 Å². The summed E-state index contributed by atoms with van der Waals surface area (Å²) < 4.78 is 0. The van der Waals surface area contributed by atoms with E-state index in [1.807, 2.05) is 36.8 Å². The molecule has 1 aromatic carbocycles. The number of hydrogen-bond donors (Lipinski definition) is 0. The maximum absolute atomic E-state index is 4.21. The van der Waals surface area contributed by atoms with Crippen LogP contribution in [-0.4, -0.2) is 9.97 Å². The lowest BCUT2D eigenvalue weighted by molar-refractivity contribution is 1.32. The highest BCUT2D eigenvalue weighted by Crippen LogP contribution is 2.32. The number of nitrogens with zero attached hydrogens (tertiary/aromatic N) is 2. The lowest BCUT2D eigenvalue weighted by Crippen LogP contribution is -1.87. The zero-order chi connectivity index (χ0) is 13.1. The first-order chi connectivity index (χ1) is 9.34. The summed E-state index contributed by atoms with van der Waals surface area (Å²) >= 11 is 0. The van der Waals surface area contributed by atoms with Gasteiger partial charge in [-0.05, 0) is 41.8 Å². The Labute approximate surface area is 112 Å². The standard InChI is InChI=1S/C17H14N2/c1-13-4-5-16(14-6-9-18-10-7-14)17(11-13)15-3-2-8-19-12-15/h2-12H,1H3. The molecule has 3 rings (SSSR count). The molecule has 0 aliphatic heterocycles. The van der Waals surface area contributed by atoms with E-state index < -0.39 is 0 Å². The Kier molecular flexibility index (Phi) is 3.07. The predicted molar refractivity (Wildman–Crippen MR) is 77.6 cm³/mol. The smallest absolute Gasteiger partial charge is 0.0346 e. The SMILES string of the molecule is Cc1ccc(-c2ccncc2)c(-c2cccnc2)c1. The molecule has 0 bridgehead atoms. The van der Waals surface area contributed by atoms with Gasteiger partial charge in [0.25, 0.3) is 0 Å². The van der Waals surface area contributed by atoms with Crippen LogP contribution >= 0.6 is 0 Å². The Balaban J connectivity index is 2.21. The number of benzene rings is 1. The molecule has 3 aromatic rings. The van der Waals surface area contributed by atoms with Gasteiger partial charge in [0.05, 0.1) is 0 Å². The van der Waals surface area contributed by atoms with Crippen LogP contribution in [0.4, 0.5) is 0 Å². The Morgan fingerprint density at radius 1 is 0.737 bits per heavy atom. The molecule has 2 aromatic heterocycles. The molecule has 0 amide bonds. The van der Waals surface area contributed by atoms with E-state index in [1.165, 1.54) is 22.3 Å². The highest BCUT2D eigenvalue weighted by molar-refractivity contribution is 5.83. The molecule has 0 atom stereocenters. The summed E-state index contributed by atoms with van der Waals surface area (Å²) in [6.07, 6.45) is 7.34. The van der Waals surface area contributed by atoms with Crippen LogP contribution in [0.5, 0.6) is 0 Å². The van der Waals surface area contributed by atoms with Gasteiger partial charge in [-0.1, -0.05) is 29.8 Å². The second-order valence-corrected chi connectivity index (χ2v) is 4.53. The normalized spacial score (nSPS) is 10.4. The van der Waals surface area contributed by atoms with Crippen molar-refractivity contribution in [1.29, 1.82) is 0 Å². The quantitative estimate of drug-likeness (QED) is 0.679. The van der Waals surface area contributed by atoms with Crippen LogP contribution in [0.3, 0.4) is 0 Å². The van der Waals surface area contributed by atoms with Crippen molar-refractivity contribution in [2.45, 2.75) is 6.92 Å². The molecular weight excluding hydrogens is 232 g/mol. The molecule has 19 heavy (non-hydrogen) atoms. The largest absolute Gasteiger partial charge is 0.265 e. The maximum Gasteiger partial charge on any atom is 0.0346 e. The van der Waals surface area contributed by atoms with Gasteiger partial charge >= 0.3 is 0 Å². The molecule has 0 N–H and O–H groups in total. The monoisotopic (exact) mass is 246 g/mol. The molecule has 0 saturated carbocycles. The third-order valence-corrected chi connectivity index (χ3v) is 3.14. The minimum absolute atomic E-state index is 1.14. The summed E-state index contributed by atoms with van der Waals surface area (Å²) in [7, 11) is 0. The van der Waals surface area contributed by atoms with Gasteiger partial charge in [-0.2, -0.15) is 0 Å². The van der Waals surface area contributed by atoms with Crippen LogP contribution in [0, 0.1) is 6.92 Å². The number of pyridine rings is 2. The van der Waals surface area contributed by atoms with Crippen LogP contribution in [0.2, 0.25) is 0 Å². The first-order valence-corrected chi connectivity index (χ1v) is 6.26. The van der Waals surface area contributed by atoms with E-state index in [-0.39, 0.29) is 0 Å². The minimum Gasteiger partial charge on any atom is -0.265 e. The number of aryl methyl sites for hydroxylation is 1. The molecule has 2 heteroatoms. The predicted octanol–water partition coefficient (Wildman–Crippen LogP) is 4.12. The summed E-state index contributed by atoms with van der Waals surface area (Å²) in [4.78, 5) is 8.29. The molecule has 0 aliphatic carbocycles. The molecular formula is C17H14N2. The number of aromatic nitrogens is 2. The average molecular weight is 246 g/mol. The zero-order valence-electron chi connectivity index (χ0n) is 10.7. The highest BCUT2D eigenvalue weighted by atomic mass is 14.6. The van der Waals surface area contributed by atoms with Crippen molar-refractivity contribution in [3.63, 3.8) is 0 Å².